The first-order valence-electron chi connectivity index (χ1n) is 10.1. The molecule has 1 aliphatic heterocycles. The van der Waals surface area contributed by atoms with Crippen LogP contribution in [-0.4, -0.2) is 45.8 Å². The molecule has 29 heavy (non-hydrogen) atoms. The second-order valence-electron chi connectivity index (χ2n) is 7.52. The van der Waals surface area contributed by atoms with Gasteiger partial charge in [0.1, 0.15) is 6.04 Å². The van der Waals surface area contributed by atoms with Crippen LogP contribution in [0.2, 0.25) is 5.02 Å². The first-order valence-corrected chi connectivity index (χ1v) is 10.5. The van der Waals surface area contributed by atoms with E-state index < -0.39 is 6.04 Å². The molecule has 1 aliphatic rings. The number of hydrogen-bond donors (Lipinski definition) is 0. The first-order chi connectivity index (χ1) is 13.8. The molecule has 1 fully saturated rings. The summed E-state index contributed by atoms with van der Waals surface area (Å²) in [6.45, 7) is 8.50. The topological polar surface area (TPSA) is 64.4 Å². The van der Waals surface area contributed by atoms with Gasteiger partial charge >= 0.3 is 5.97 Å². The van der Waals surface area contributed by atoms with Gasteiger partial charge < -0.3 is 9.64 Å². The van der Waals surface area contributed by atoms with Crippen LogP contribution in [0, 0.1) is 20.8 Å². The van der Waals surface area contributed by atoms with E-state index in [2.05, 4.69) is 5.10 Å². The number of carbonyl (C=O) groups is 2. The van der Waals surface area contributed by atoms with E-state index in [1.807, 2.05) is 43.7 Å². The average molecular weight is 418 g/mol. The predicted molar refractivity (Wildman–Crippen MR) is 112 cm³/mol. The van der Waals surface area contributed by atoms with Crippen molar-refractivity contribution in [2.24, 2.45) is 0 Å². The average Bonchev–Trinajstić information content (AvgIpc) is 2.98. The van der Waals surface area contributed by atoms with E-state index in [0.717, 1.165) is 41.0 Å². The largest absolute Gasteiger partial charge is 0.464 e. The Hall–Kier alpha value is -2.34. The van der Waals surface area contributed by atoms with Crippen LogP contribution in [-0.2, 0) is 20.7 Å². The molecule has 1 unspecified atom stereocenters. The van der Waals surface area contributed by atoms with Crippen molar-refractivity contribution in [3.8, 4) is 5.69 Å². The summed E-state index contributed by atoms with van der Waals surface area (Å²) in [4.78, 5) is 27.1. The summed E-state index contributed by atoms with van der Waals surface area (Å²) in [5.74, 6) is -0.366. The number of likely N-dealkylation sites (tertiary alicyclic amines) is 1. The minimum atomic E-state index is -0.484. The summed E-state index contributed by atoms with van der Waals surface area (Å²) >= 11 is 6.27. The van der Waals surface area contributed by atoms with E-state index in [1.165, 1.54) is 0 Å². The van der Waals surface area contributed by atoms with Crippen molar-refractivity contribution in [1.82, 2.24) is 14.7 Å². The lowest BCUT2D eigenvalue weighted by Gasteiger charge is -2.34. The highest BCUT2D eigenvalue weighted by atomic mass is 35.5. The van der Waals surface area contributed by atoms with E-state index in [9.17, 15) is 9.59 Å². The van der Waals surface area contributed by atoms with Crippen LogP contribution in [0.25, 0.3) is 5.69 Å². The number of piperidine rings is 1. The summed E-state index contributed by atoms with van der Waals surface area (Å²) in [5.41, 5.74) is 4.46. The molecule has 1 atom stereocenters. The van der Waals surface area contributed by atoms with E-state index in [-0.39, 0.29) is 18.3 Å². The second kappa shape index (κ2) is 8.99. The van der Waals surface area contributed by atoms with Gasteiger partial charge in [0.25, 0.3) is 0 Å². The van der Waals surface area contributed by atoms with Gasteiger partial charge in [-0.3, -0.25) is 4.79 Å². The van der Waals surface area contributed by atoms with Gasteiger partial charge in [-0.1, -0.05) is 17.7 Å². The number of benzene rings is 1. The number of aryl methyl sites for hydroxylation is 2. The van der Waals surface area contributed by atoms with Crippen LogP contribution in [0.15, 0.2) is 18.2 Å². The summed E-state index contributed by atoms with van der Waals surface area (Å²) < 4.78 is 7.00. The van der Waals surface area contributed by atoms with Crippen molar-refractivity contribution in [2.75, 3.05) is 13.2 Å². The van der Waals surface area contributed by atoms with Gasteiger partial charge in [-0.25, -0.2) is 9.48 Å². The maximum atomic E-state index is 13.1. The van der Waals surface area contributed by atoms with Gasteiger partial charge in [-0.05, 0) is 64.7 Å². The van der Waals surface area contributed by atoms with Crippen molar-refractivity contribution in [3.63, 3.8) is 0 Å². The third kappa shape index (κ3) is 4.47. The quantitative estimate of drug-likeness (QED) is 0.691. The Balaban J connectivity index is 1.84. The van der Waals surface area contributed by atoms with Crippen molar-refractivity contribution in [2.45, 2.75) is 59.4 Å². The van der Waals surface area contributed by atoms with Crippen molar-refractivity contribution < 1.29 is 14.3 Å². The maximum Gasteiger partial charge on any atom is 0.328 e. The van der Waals surface area contributed by atoms with Gasteiger partial charge in [0.15, 0.2) is 0 Å². The molecule has 3 rings (SSSR count). The molecule has 0 radical (unpaired) electrons. The van der Waals surface area contributed by atoms with E-state index >= 15 is 0 Å². The lowest BCUT2D eigenvalue weighted by molar-refractivity contribution is -0.156. The van der Waals surface area contributed by atoms with Crippen LogP contribution in [0.5, 0.6) is 0 Å². The summed E-state index contributed by atoms with van der Waals surface area (Å²) in [6.07, 6.45) is 2.70. The standard InChI is InChI=1S/C22H28ClN3O3/c1-5-29-22(28)20-8-6-7-11-25(20)21(27)13-18-15(3)24-26(16(18)4)17-10-9-14(2)19(23)12-17/h9-10,12,20H,5-8,11,13H2,1-4H3. The number of hydrogen-bond acceptors (Lipinski definition) is 4. The molecule has 1 aromatic carbocycles. The Morgan fingerprint density at radius 2 is 2.00 bits per heavy atom. The molecule has 2 heterocycles. The smallest absolute Gasteiger partial charge is 0.328 e. The Morgan fingerprint density at radius 1 is 1.24 bits per heavy atom. The van der Waals surface area contributed by atoms with Crippen molar-refractivity contribution >= 4 is 23.5 Å². The van der Waals surface area contributed by atoms with Crippen molar-refractivity contribution in [3.05, 3.63) is 45.7 Å². The zero-order chi connectivity index (χ0) is 21.1. The molecule has 6 nitrogen and oxygen atoms in total. The summed E-state index contributed by atoms with van der Waals surface area (Å²) in [6, 6.07) is 5.32. The van der Waals surface area contributed by atoms with Crippen LogP contribution < -0.4 is 0 Å². The van der Waals surface area contributed by atoms with E-state index in [1.54, 1.807) is 11.8 Å². The number of rotatable bonds is 5. The molecule has 0 saturated carbocycles. The molecule has 0 bridgehead atoms. The van der Waals surface area contributed by atoms with Crippen LogP contribution in [0.1, 0.15) is 48.7 Å². The zero-order valence-corrected chi connectivity index (χ0v) is 18.3. The molecule has 156 valence electrons. The Morgan fingerprint density at radius 3 is 2.69 bits per heavy atom. The number of esters is 1. The van der Waals surface area contributed by atoms with Gasteiger partial charge in [0, 0.05) is 22.8 Å². The lowest BCUT2D eigenvalue weighted by atomic mass is 10.0. The molecular weight excluding hydrogens is 390 g/mol. The minimum absolute atomic E-state index is 0.0598. The Labute approximate surface area is 176 Å². The molecule has 0 spiro atoms. The third-order valence-electron chi connectivity index (χ3n) is 5.55. The molecule has 0 N–H and O–H groups in total. The van der Waals surface area contributed by atoms with E-state index in [0.29, 0.717) is 24.6 Å². The zero-order valence-electron chi connectivity index (χ0n) is 17.5. The highest BCUT2D eigenvalue weighted by molar-refractivity contribution is 6.31. The number of halogens is 1. The number of carbonyl (C=O) groups excluding carboxylic acids is 2. The monoisotopic (exact) mass is 417 g/mol. The third-order valence-corrected chi connectivity index (χ3v) is 5.96. The number of amides is 1. The molecule has 2 aromatic rings. The molecular formula is C22H28ClN3O3. The molecule has 1 amide bonds. The normalized spacial score (nSPS) is 16.7. The van der Waals surface area contributed by atoms with Crippen LogP contribution in [0.3, 0.4) is 0 Å². The van der Waals surface area contributed by atoms with Gasteiger partial charge in [-0.2, -0.15) is 5.10 Å². The van der Waals surface area contributed by atoms with Crippen LogP contribution in [0.4, 0.5) is 0 Å². The lowest BCUT2D eigenvalue weighted by Crippen LogP contribution is -2.49. The molecule has 1 saturated heterocycles. The second-order valence-corrected chi connectivity index (χ2v) is 7.93. The van der Waals surface area contributed by atoms with Crippen LogP contribution >= 0.6 is 11.6 Å². The number of nitrogens with zero attached hydrogens (tertiary/aromatic N) is 3. The minimum Gasteiger partial charge on any atom is -0.464 e. The Bertz CT molecular complexity index is 922. The fourth-order valence-electron chi connectivity index (χ4n) is 3.86. The predicted octanol–water partition coefficient (Wildman–Crippen LogP) is 3.94. The van der Waals surface area contributed by atoms with Gasteiger partial charge in [0.05, 0.1) is 24.4 Å². The highest BCUT2D eigenvalue weighted by Gasteiger charge is 2.33. The first kappa shape index (κ1) is 21.4. The van der Waals surface area contributed by atoms with Gasteiger partial charge in [0.2, 0.25) is 5.91 Å². The number of aromatic nitrogens is 2. The Kier molecular flexibility index (Phi) is 6.63. The van der Waals surface area contributed by atoms with E-state index in [4.69, 9.17) is 16.3 Å². The fourth-order valence-corrected chi connectivity index (χ4v) is 4.04. The molecule has 7 heteroatoms. The fraction of sp³-hybridized carbons (Fsp3) is 0.500. The number of ether oxygens (including phenoxy) is 1. The summed E-state index contributed by atoms with van der Waals surface area (Å²) in [5, 5.41) is 5.31. The van der Waals surface area contributed by atoms with Gasteiger partial charge in [-0.15, -0.1) is 0 Å². The van der Waals surface area contributed by atoms with Crippen molar-refractivity contribution in [1.29, 1.82) is 0 Å². The molecule has 1 aromatic heterocycles. The summed E-state index contributed by atoms with van der Waals surface area (Å²) in [7, 11) is 0. The highest BCUT2D eigenvalue weighted by Crippen LogP contribution is 2.25. The SMILES string of the molecule is CCOC(=O)C1CCCCN1C(=O)Cc1c(C)nn(-c2ccc(C)c(Cl)c2)c1C. The molecule has 0 aliphatic carbocycles. The maximum absolute atomic E-state index is 13.1.